The summed E-state index contributed by atoms with van der Waals surface area (Å²) < 4.78 is 1.74. The molecule has 0 spiro atoms. The first-order valence-corrected chi connectivity index (χ1v) is 6.34. The Morgan fingerprint density at radius 2 is 2.47 bits per heavy atom. The summed E-state index contributed by atoms with van der Waals surface area (Å²) in [6.07, 6.45) is 10.3. The molecule has 0 atom stereocenters. The molecule has 0 radical (unpaired) electrons. The molecule has 0 fully saturated rings. The Morgan fingerprint density at radius 3 is 3.29 bits per heavy atom. The molecule has 0 aliphatic rings. The average molecular weight is 247 g/mol. The van der Waals surface area contributed by atoms with E-state index in [0.29, 0.717) is 0 Å². The Bertz CT molecular complexity index is 547. The van der Waals surface area contributed by atoms with Gasteiger partial charge in [0.1, 0.15) is 0 Å². The van der Waals surface area contributed by atoms with Crippen LogP contribution >= 0.6 is 11.8 Å². The number of hydrogen-bond acceptors (Lipinski definition) is 4. The van der Waals surface area contributed by atoms with Crippen molar-refractivity contribution in [3.63, 3.8) is 0 Å². The maximum absolute atomic E-state index is 10.7. The lowest BCUT2D eigenvalue weighted by atomic mass is 10.3. The maximum atomic E-state index is 10.7. The zero-order valence-corrected chi connectivity index (χ0v) is 10.4. The number of carbonyl (C=O) groups excluding carboxylic acids is 1. The Hall–Kier alpha value is -1.62. The highest BCUT2D eigenvalue weighted by molar-refractivity contribution is 8.13. The second-order valence-corrected chi connectivity index (χ2v) is 4.79. The molecular weight excluding hydrogens is 234 g/mol. The molecule has 0 aliphatic carbocycles. The van der Waals surface area contributed by atoms with Crippen LogP contribution in [-0.4, -0.2) is 25.5 Å². The van der Waals surface area contributed by atoms with Gasteiger partial charge in [0.15, 0.2) is 10.8 Å². The van der Waals surface area contributed by atoms with E-state index in [0.717, 1.165) is 23.4 Å². The molecular formula is C12H13N3OS. The molecule has 2 aromatic heterocycles. The van der Waals surface area contributed by atoms with E-state index in [1.807, 2.05) is 24.4 Å². The lowest BCUT2D eigenvalue weighted by Gasteiger charge is -1.92. The molecule has 5 heteroatoms. The van der Waals surface area contributed by atoms with E-state index in [1.54, 1.807) is 23.8 Å². The van der Waals surface area contributed by atoms with Crippen molar-refractivity contribution < 1.29 is 4.79 Å². The highest BCUT2D eigenvalue weighted by Gasteiger charge is 1.99. The van der Waals surface area contributed by atoms with Crippen molar-refractivity contribution in [3.8, 4) is 0 Å². The summed E-state index contributed by atoms with van der Waals surface area (Å²) >= 11 is 1.35. The van der Waals surface area contributed by atoms with Gasteiger partial charge < -0.3 is 0 Å². The number of aromatic nitrogens is 3. The first-order valence-electron chi connectivity index (χ1n) is 5.35. The van der Waals surface area contributed by atoms with E-state index in [4.69, 9.17) is 0 Å². The number of thioether (sulfide) groups is 1. The van der Waals surface area contributed by atoms with Crippen LogP contribution < -0.4 is 0 Å². The SMILES string of the molecule is CC(=O)SCCC=Cc1cnn2cccnc12. The van der Waals surface area contributed by atoms with Gasteiger partial charge in [-0.2, -0.15) is 5.10 Å². The van der Waals surface area contributed by atoms with E-state index in [-0.39, 0.29) is 5.12 Å². The standard InChI is InChI=1S/C12H13N3OS/c1-10(16)17-8-3-2-5-11-9-14-15-7-4-6-13-12(11)15/h2,4-7,9H,3,8H2,1H3. The summed E-state index contributed by atoms with van der Waals surface area (Å²) in [4.78, 5) is 15.0. The fraction of sp³-hybridized carbons (Fsp3) is 0.250. The van der Waals surface area contributed by atoms with Crippen molar-refractivity contribution in [2.75, 3.05) is 5.75 Å². The third-order valence-electron chi connectivity index (χ3n) is 2.19. The van der Waals surface area contributed by atoms with Crippen LogP contribution in [0, 0.1) is 0 Å². The van der Waals surface area contributed by atoms with Crippen molar-refractivity contribution in [1.29, 1.82) is 0 Å². The smallest absolute Gasteiger partial charge is 0.185 e. The van der Waals surface area contributed by atoms with Gasteiger partial charge in [-0.3, -0.25) is 4.79 Å². The molecule has 0 amide bonds. The minimum absolute atomic E-state index is 0.163. The van der Waals surface area contributed by atoms with Crippen molar-refractivity contribution >= 4 is 28.6 Å². The number of hydrogen-bond donors (Lipinski definition) is 0. The number of allylic oxidation sites excluding steroid dienone is 1. The van der Waals surface area contributed by atoms with Gasteiger partial charge in [0.2, 0.25) is 0 Å². The predicted octanol–water partition coefficient (Wildman–Crippen LogP) is 2.41. The number of fused-ring (bicyclic) bond motifs is 1. The third kappa shape index (κ3) is 3.17. The van der Waals surface area contributed by atoms with Crippen molar-refractivity contribution in [3.05, 3.63) is 36.3 Å². The molecule has 2 aromatic rings. The highest BCUT2D eigenvalue weighted by atomic mass is 32.2. The van der Waals surface area contributed by atoms with Crippen molar-refractivity contribution in [2.24, 2.45) is 0 Å². The molecule has 0 bridgehead atoms. The van der Waals surface area contributed by atoms with Crippen LogP contribution in [0.1, 0.15) is 18.9 Å². The maximum Gasteiger partial charge on any atom is 0.185 e. The first kappa shape index (κ1) is 11.9. The number of nitrogens with zero attached hydrogens (tertiary/aromatic N) is 3. The molecule has 0 unspecified atom stereocenters. The zero-order chi connectivity index (χ0) is 12.1. The summed E-state index contributed by atoms with van der Waals surface area (Å²) in [5, 5.41) is 4.35. The predicted molar refractivity (Wildman–Crippen MR) is 69.8 cm³/mol. The Labute approximate surface area is 104 Å². The summed E-state index contributed by atoms with van der Waals surface area (Å²) in [7, 11) is 0. The first-order chi connectivity index (χ1) is 8.27. The van der Waals surface area contributed by atoms with Crippen LogP contribution in [0.25, 0.3) is 11.7 Å². The van der Waals surface area contributed by atoms with Crippen LogP contribution in [0.5, 0.6) is 0 Å². The van der Waals surface area contributed by atoms with Gasteiger partial charge in [-0.05, 0) is 12.5 Å². The molecule has 2 heterocycles. The van der Waals surface area contributed by atoms with E-state index in [9.17, 15) is 4.79 Å². The van der Waals surface area contributed by atoms with Gasteiger partial charge in [-0.15, -0.1) is 0 Å². The molecule has 0 saturated heterocycles. The quantitative estimate of drug-likeness (QED) is 0.778. The minimum Gasteiger partial charge on any atom is -0.288 e. The molecule has 4 nitrogen and oxygen atoms in total. The van der Waals surface area contributed by atoms with Gasteiger partial charge >= 0.3 is 0 Å². The minimum atomic E-state index is 0.163. The van der Waals surface area contributed by atoms with Crippen molar-refractivity contribution in [1.82, 2.24) is 14.6 Å². The van der Waals surface area contributed by atoms with E-state index in [1.165, 1.54) is 11.8 Å². The number of rotatable bonds is 4. The Balaban J connectivity index is 1.98. The second-order valence-electron chi connectivity index (χ2n) is 3.52. The topological polar surface area (TPSA) is 47.3 Å². The van der Waals surface area contributed by atoms with Gasteiger partial charge in [0.05, 0.1) is 6.20 Å². The lowest BCUT2D eigenvalue weighted by molar-refractivity contribution is -0.109. The van der Waals surface area contributed by atoms with Crippen LogP contribution in [0.15, 0.2) is 30.7 Å². The van der Waals surface area contributed by atoms with Gasteiger partial charge in [0, 0.05) is 30.6 Å². The molecule has 17 heavy (non-hydrogen) atoms. The monoisotopic (exact) mass is 247 g/mol. The molecule has 88 valence electrons. The molecule has 0 aliphatic heterocycles. The van der Waals surface area contributed by atoms with Crippen molar-refractivity contribution in [2.45, 2.75) is 13.3 Å². The second kappa shape index (κ2) is 5.63. The molecule has 0 saturated carbocycles. The highest BCUT2D eigenvalue weighted by Crippen LogP contribution is 2.10. The fourth-order valence-corrected chi connectivity index (χ4v) is 1.99. The summed E-state index contributed by atoms with van der Waals surface area (Å²) in [6.45, 7) is 1.59. The van der Waals surface area contributed by atoms with Crippen LogP contribution in [0.3, 0.4) is 0 Å². The van der Waals surface area contributed by atoms with E-state index >= 15 is 0 Å². The third-order valence-corrected chi connectivity index (χ3v) is 3.04. The average Bonchev–Trinajstić information content (AvgIpc) is 2.72. The largest absolute Gasteiger partial charge is 0.288 e. The molecule has 0 N–H and O–H groups in total. The Morgan fingerprint density at radius 1 is 1.59 bits per heavy atom. The van der Waals surface area contributed by atoms with E-state index < -0.39 is 0 Å². The normalized spacial score (nSPS) is 11.4. The Kier molecular flexibility index (Phi) is 3.93. The van der Waals surface area contributed by atoms with E-state index in [2.05, 4.69) is 10.1 Å². The summed E-state index contributed by atoms with van der Waals surface area (Å²) in [6, 6.07) is 1.84. The fourth-order valence-electron chi connectivity index (χ4n) is 1.44. The lowest BCUT2D eigenvalue weighted by Crippen LogP contribution is -1.87. The number of carbonyl (C=O) groups is 1. The van der Waals surface area contributed by atoms with Gasteiger partial charge in [-0.1, -0.05) is 23.9 Å². The molecule has 0 aromatic carbocycles. The zero-order valence-electron chi connectivity index (χ0n) is 9.54. The molecule has 2 rings (SSSR count). The summed E-state index contributed by atoms with van der Waals surface area (Å²) in [5.41, 5.74) is 1.85. The van der Waals surface area contributed by atoms with Gasteiger partial charge in [-0.25, -0.2) is 9.50 Å². The van der Waals surface area contributed by atoms with Crippen LogP contribution in [0.2, 0.25) is 0 Å². The van der Waals surface area contributed by atoms with Crippen LogP contribution in [-0.2, 0) is 4.79 Å². The summed E-state index contributed by atoms with van der Waals surface area (Å²) in [5.74, 6) is 0.818. The van der Waals surface area contributed by atoms with Gasteiger partial charge in [0.25, 0.3) is 0 Å². The van der Waals surface area contributed by atoms with Crippen LogP contribution in [0.4, 0.5) is 0 Å².